The summed E-state index contributed by atoms with van der Waals surface area (Å²) in [6.07, 6.45) is -15.1. The van der Waals surface area contributed by atoms with Crippen molar-refractivity contribution in [1.82, 2.24) is 0 Å². The van der Waals surface area contributed by atoms with Crippen LogP contribution in [-0.2, 0) is 14.2 Å². The molecule has 9 atom stereocenters. The fourth-order valence-electron chi connectivity index (χ4n) is 4.65. The van der Waals surface area contributed by atoms with E-state index in [4.69, 9.17) is 23.4 Å². The Bertz CT molecular complexity index is 1510. The van der Waals surface area contributed by atoms with Crippen molar-refractivity contribution >= 4 is 11.0 Å². The topological polar surface area (TPSA) is 269 Å². The summed E-state index contributed by atoms with van der Waals surface area (Å²) in [4.78, 5) is 12.8. The maximum absolute atomic E-state index is 12.8. The first-order valence-electron chi connectivity index (χ1n) is 12.6. The van der Waals surface area contributed by atoms with Crippen LogP contribution in [0.4, 0.5) is 0 Å². The van der Waals surface area contributed by atoms with Gasteiger partial charge in [0.05, 0.1) is 13.2 Å². The summed E-state index contributed by atoms with van der Waals surface area (Å²) in [6.45, 7) is -1.26. The summed E-state index contributed by atoms with van der Waals surface area (Å²) in [5, 5.41) is 101. The summed E-state index contributed by atoms with van der Waals surface area (Å²) >= 11 is 0. The normalized spacial score (nSPS) is 31.7. The van der Waals surface area contributed by atoms with E-state index >= 15 is 0 Å². The average molecular weight is 596 g/mol. The third-order valence-electron chi connectivity index (χ3n) is 7.00. The summed E-state index contributed by atoms with van der Waals surface area (Å²) in [7, 11) is 0. The van der Waals surface area contributed by atoms with Crippen LogP contribution in [0.5, 0.6) is 28.7 Å². The van der Waals surface area contributed by atoms with Crippen molar-refractivity contribution in [3.63, 3.8) is 0 Å². The van der Waals surface area contributed by atoms with Gasteiger partial charge in [0.2, 0.25) is 12.0 Å². The van der Waals surface area contributed by atoms with Gasteiger partial charge < -0.3 is 74.4 Å². The zero-order valence-corrected chi connectivity index (χ0v) is 21.4. The number of hydrogen-bond donors (Lipinski definition) is 10. The number of fused-ring (bicyclic) bond motifs is 1. The van der Waals surface area contributed by atoms with Crippen molar-refractivity contribution in [3.05, 3.63) is 40.6 Å². The van der Waals surface area contributed by atoms with Gasteiger partial charge in [-0.05, 0) is 18.2 Å². The van der Waals surface area contributed by atoms with E-state index in [-0.39, 0.29) is 16.9 Å². The molecular formula is C26H28O16. The highest BCUT2D eigenvalue weighted by Gasteiger charge is 2.50. The van der Waals surface area contributed by atoms with Crippen LogP contribution >= 0.6 is 0 Å². The van der Waals surface area contributed by atoms with Crippen LogP contribution in [0, 0.1) is 0 Å². The maximum atomic E-state index is 12.8. The van der Waals surface area contributed by atoms with E-state index in [0.717, 1.165) is 24.3 Å². The molecule has 10 N–H and O–H groups in total. The standard InChI is InChI=1S/C26H28O16/c27-6-16-20(34)22(36)24(42-25-23(37)18(32)12(31)7-38-25)26(41-16)40-15-5-14-17(21(35)19(15)33)11(30)4-13(39-14)8-1-2-9(28)10(29)3-8/h1-5,12,16,18,20,22-29,31-37H,6-7H2. The Labute approximate surface area is 235 Å². The van der Waals surface area contributed by atoms with E-state index in [0.29, 0.717) is 0 Å². The van der Waals surface area contributed by atoms with Gasteiger partial charge in [-0.15, -0.1) is 0 Å². The van der Waals surface area contributed by atoms with E-state index in [1.807, 2.05) is 0 Å². The molecule has 2 aromatic carbocycles. The molecule has 228 valence electrons. The first-order valence-corrected chi connectivity index (χ1v) is 12.6. The van der Waals surface area contributed by atoms with E-state index in [2.05, 4.69) is 0 Å². The first kappa shape index (κ1) is 29.8. The molecule has 0 amide bonds. The highest BCUT2D eigenvalue weighted by atomic mass is 16.8. The van der Waals surface area contributed by atoms with Gasteiger partial charge >= 0.3 is 0 Å². The second kappa shape index (κ2) is 11.5. The van der Waals surface area contributed by atoms with E-state index in [1.54, 1.807) is 0 Å². The lowest BCUT2D eigenvalue weighted by Gasteiger charge is -2.44. The lowest BCUT2D eigenvalue weighted by molar-refractivity contribution is -0.345. The minimum atomic E-state index is -1.86. The summed E-state index contributed by atoms with van der Waals surface area (Å²) in [6, 6.07) is 5.59. The van der Waals surface area contributed by atoms with Crippen molar-refractivity contribution in [3.8, 4) is 40.1 Å². The van der Waals surface area contributed by atoms with Gasteiger partial charge in [-0.25, -0.2) is 0 Å². The number of aliphatic hydroxyl groups excluding tert-OH is 6. The molecule has 2 saturated heterocycles. The zero-order valence-electron chi connectivity index (χ0n) is 21.4. The summed E-state index contributed by atoms with van der Waals surface area (Å²) in [5.74, 6) is -3.51. The zero-order chi connectivity index (χ0) is 30.5. The number of rotatable bonds is 6. The Hall–Kier alpha value is -3.71. The molecule has 9 unspecified atom stereocenters. The Morgan fingerprint density at radius 2 is 1.57 bits per heavy atom. The molecule has 16 nitrogen and oxygen atoms in total. The molecule has 0 aliphatic carbocycles. The van der Waals surface area contributed by atoms with Gasteiger partial charge in [0.1, 0.15) is 53.4 Å². The lowest BCUT2D eigenvalue weighted by atomic mass is 9.98. The van der Waals surface area contributed by atoms with Crippen LogP contribution in [0.25, 0.3) is 22.3 Å². The predicted octanol–water partition coefficient (Wildman–Crippen LogP) is -2.08. The Morgan fingerprint density at radius 1 is 0.833 bits per heavy atom. The van der Waals surface area contributed by atoms with Gasteiger partial charge in [0.25, 0.3) is 0 Å². The number of phenolic OH excluding ortho intramolecular Hbond substituents is 4. The summed E-state index contributed by atoms with van der Waals surface area (Å²) < 4.78 is 27.6. The molecule has 3 aromatic rings. The second-order valence-electron chi connectivity index (χ2n) is 9.80. The minimum Gasteiger partial charge on any atom is -0.504 e. The quantitative estimate of drug-likeness (QED) is 0.137. The Balaban J connectivity index is 1.52. The van der Waals surface area contributed by atoms with Crippen LogP contribution in [0.3, 0.4) is 0 Å². The monoisotopic (exact) mass is 596 g/mol. The van der Waals surface area contributed by atoms with Crippen LogP contribution in [-0.4, -0.2) is 120 Å². The lowest BCUT2D eigenvalue weighted by Crippen LogP contribution is -2.63. The molecule has 0 radical (unpaired) electrons. The van der Waals surface area contributed by atoms with Gasteiger partial charge in [-0.3, -0.25) is 4.79 Å². The molecule has 0 saturated carbocycles. The molecule has 5 rings (SSSR count). The van der Waals surface area contributed by atoms with E-state index in [9.17, 15) is 55.9 Å². The third kappa shape index (κ3) is 5.31. The average Bonchev–Trinajstić information content (AvgIpc) is 2.96. The molecule has 42 heavy (non-hydrogen) atoms. The van der Waals surface area contributed by atoms with Crippen molar-refractivity contribution in [1.29, 1.82) is 0 Å². The van der Waals surface area contributed by atoms with Gasteiger partial charge in [0.15, 0.2) is 40.8 Å². The van der Waals surface area contributed by atoms with Crippen LogP contribution in [0.1, 0.15) is 0 Å². The van der Waals surface area contributed by atoms with Gasteiger partial charge in [0, 0.05) is 17.7 Å². The van der Waals surface area contributed by atoms with E-state index < -0.39 is 108 Å². The third-order valence-corrected chi connectivity index (χ3v) is 7.00. The fourth-order valence-corrected chi connectivity index (χ4v) is 4.65. The molecule has 1 aromatic heterocycles. The van der Waals surface area contributed by atoms with Crippen LogP contribution in [0.2, 0.25) is 0 Å². The molecule has 2 aliphatic rings. The fraction of sp³-hybridized carbons (Fsp3) is 0.423. The first-order chi connectivity index (χ1) is 19.9. The van der Waals surface area contributed by atoms with Crippen molar-refractivity contribution in [2.45, 2.75) is 55.3 Å². The van der Waals surface area contributed by atoms with Gasteiger partial charge in [-0.2, -0.15) is 0 Å². The number of aliphatic hydroxyl groups is 6. The minimum absolute atomic E-state index is 0.1000. The number of phenols is 4. The number of hydrogen-bond acceptors (Lipinski definition) is 16. The van der Waals surface area contributed by atoms with Gasteiger partial charge in [-0.1, -0.05) is 0 Å². The molecule has 0 bridgehead atoms. The molecule has 16 heteroatoms. The smallest absolute Gasteiger partial charge is 0.229 e. The maximum Gasteiger partial charge on any atom is 0.229 e. The van der Waals surface area contributed by atoms with Crippen LogP contribution < -0.4 is 10.2 Å². The Morgan fingerprint density at radius 3 is 2.26 bits per heavy atom. The molecule has 0 spiro atoms. The molecule has 2 aliphatic heterocycles. The molecule has 2 fully saturated rings. The molecular weight excluding hydrogens is 568 g/mol. The number of ether oxygens (including phenoxy) is 4. The van der Waals surface area contributed by atoms with Crippen molar-refractivity contribution in [2.24, 2.45) is 0 Å². The SMILES string of the molecule is O=c1cc(-c2ccc(O)c(O)c2)oc2cc(OC3OC(CO)C(O)C(O)C3OC3OCC(O)C(O)C3O)c(O)c(O)c12. The molecule has 3 heterocycles. The predicted molar refractivity (Wildman–Crippen MR) is 136 cm³/mol. The number of aromatic hydroxyl groups is 4. The highest BCUT2D eigenvalue weighted by molar-refractivity contribution is 5.89. The summed E-state index contributed by atoms with van der Waals surface area (Å²) in [5.41, 5.74) is -0.938. The van der Waals surface area contributed by atoms with E-state index in [1.165, 1.54) is 6.07 Å². The van der Waals surface area contributed by atoms with Crippen molar-refractivity contribution in [2.75, 3.05) is 13.2 Å². The van der Waals surface area contributed by atoms with Crippen LogP contribution in [0.15, 0.2) is 39.5 Å². The highest BCUT2D eigenvalue weighted by Crippen LogP contribution is 2.43. The second-order valence-corrected chi connectivity index (χ2v) is 9.80. The Kier molecular flexibility index (Phi) is 8.17. The number of benzene rings is 2. The largest absolute Gasteiger partial charge is 0.504 e. The van der Waals surface area contributed by atoms with Crippen molar-refractivity contribution < 1.29 is 74.4 Å².